The number of hydrogen-bond acceptors (Lipinski definition) is 3. The summed E-state index contributed by atoms with van der Waals surface area (Å²) in [6, 6.07) is 7.68. The van der Waals surface area contributed by atoms with E-state index in [0.717, 1.165) is 37.0 Å². The first-order chi connectivity index (χ1) is 10.3. The smallest absolute Gasteiger partial charge is 0.226 e. The molecular weight excluding hydrogens is 264 g/mol. The number of pyridine rings is 1. The highest BCUT2D eigenvalue weighted by atomic mass is 16.3. The molecule has 21 heavy (non-hydrogen) atoms. The van der Waals surface area contributed by atoms with Crippen molar-refractivity contribution in [2.75, 3.05) is 0 Å². The molecule has 0 N–H and O–H groups in total. The van der Waals surface area contributed by atoms with Crippen molar-refractivity contribution in [1.82, 2.24) is 9.88 Å². The Bertz CT molecular complexity index is 560. The van der Waals surface area contributed by atoms with Crippen LogP contribution < -0.4 is 0 Å². The van der Waals surface area contributed by atoms with E-state index in [-0.39, 0.29) is 11.8 Å². The molecule has 0 atom stereocenters. The Morgan fingerprint density at radius 2 is 2.10 bits per heavy atom. The maximum Gasteiger partial charge on any atom is 0.226 e. The predicted molar refractivity (Wildman–Crippen MR) is 79.2 cm³/mol. The van der Waals surface area contributed by atoms with Gasteiger partial charge in [0.25, 0.3) is 0 Å². The molecule has 3 rings (SSSR count). The van der Waals surface area contributed by atoms with Crippen molar-refractivity contribution in [2.45, 2.75) is 38.8 Å². The minimum atomic E-state index is 0.177. The van der Waals surface area contributed by atoms with Crippen LogP contribution in [0.25, 0.3) is 0 Å². The summed E-state index contributed by atoms with van der Waals surface area (Å²) in [5.74, 6) is 1.25. The van der Waals surface area contributed by atoms with E-state index in [2.05, 4.69) is 4.98 Å². The highest BCUT2D eigenvalue weighted by Crippen LogP contribution is 2.27. The first kappa shape index (κ1) is 13.9. The molecule has 0 saturated heterocycles. The maximum atomic E-state index is 12.7. The normalized spacial score (nSPS) is 15.2. The van der Waals surface area contributed by atoms with Gasteiger partial charge in [-0.2, -0.15) is 0 Å². The van der Waals surface area contributed by atoms with Gasteiger partial charge in [-0.05, 0) is 36.6 Å². The third-order valence-electron chi connectivity index (χ3n) is 4.04. The second kappa shape index (κ2) is 6.57. The zero-order valence-electron chi connectivity index (χ0n) is 12.1. The number of nitrogens with zero attached hydrogens (tertiary/aromatic N) is 2. The van der Waals surface area contributed by atoms with E-state index in [4.69, 9.17) is 4.42 Å². The van der Waals surface area contributed by atoms with E-state index in [1.165, 1.54) is 0 Å². The van der Waals surface area contributed by atoms with Gasteiger partial charge in [0, 0.05) is 24.9 Å². The molecule has 0 aromatic carbocycles. The molecule has 0 unspecified atom stereocenters. The Hall–Kier alpha value is -2.10. The quantitative estimate of drug-likeness (QED) is 0.845. The van der Waals surface area contributed by atoms with E-state index < -0.39 is 0 Å². The van der Waals surface area contributed by atoms with Crippen molar-refractivity contribution in [1.29, 1.82) is 0 Å². The lowest BCUT2D eigenvalue weighted by Gasteiger charge is -2.24. The Kier molecular flexibility index (Phi) is 4.34. The molecule has 2 aromatic heterocycles. The molecule has 1 aliphatic carbocycles. The first-order valence-electron chi connectivity index (χ1n) is 7.53. The van der Waals surface area contributed by atoms with Crippen LogP contribution in [0.15, 0.2) is 47.3 Å². The SMILES string of the molecule is O=C(C1CCCC1)N(Cc1cccnc1)Cc1ccco1. The molecule has 1 saturated carbocycles. The fourth-order valence-electron chi connectivity index (χ4n) is 2.95. The largest absolute Gasteiger partial charge is 0.467 e. The molecule has 1 amide bonds. The zero-order valence-corrected chi connectivity index (χ0v) is 12.1. The van der Waals surface area contributed by atoms with E-state index in [1.807, 2.05) is 35.4 Å². The number of carbonyl (C=O) groups excluding carboxylic acids is 1. The minimum Gasteiger partial charge on any atom is -0.467 e. The fourth-order valence-corrected chi connectivity index (χ4v) is 2.95. The lowest BCUT2D eigenvalue weighted by Crippen LogP contribution is -2.34. The molecule has 1 aliphatic rings. The Balaban J connectivity index is 1.74. The van der Waals surface area contributed by atoms with E-state index in [1.54, 1.807) is 12.5 Å². The Labute approximate surface area is 124 Å². The summed E-state index contributed by atoms with van der Waals surface area (Å²) in [7, 11) is 0. The number of carbonyl (C=O) groups is 1. The van der Waals surface area contributed by atoms with Gasteiger partial charge in [-0.1, -0.05) is 18.9 Å². The molecule has 4 nitrogen and oxygen atoms in total. The van der Waals surface area contributed by atoms with Gasteiger partial charge in [-0.25, -0.2) is 0 Å². The average Bonchev–Trinajstić information content (AvgIpc) is 3.20. The van der Waals surface area contributed by atoms with Crippen LogP contribution in [-0.2, 0) is 17.9 Å². The van der Waals surface area contributed by atoms with Crippen molar-refractivity contribution < 1.29 is 9.21 Å². The number of furan rings is 1. The van der Waals surface area contributed by atoms with Crippen molar-refractivity contribution in [3.05, 3.63) is 54.2 Å². The lowest BCUT2D eigenvalue weighted by molar-refractivity contribution is -0.136. The van der Waals surface area contributed by atoms with Gasteiger partial charge in [0.1, 0.15) is 5.76 Å². The van der Waals surface area contributed by atoms with Crippen LogP contribution in [0.1, 0.15) is 37.0 Å². The van der Waals surface area contributed by atoms with Gasteiger partial charge in [0.05, 0.1) is 12.8 Å². The second-order valence-corrected chi connectivity index (χ2v) is 5.62. The van der Waals surface area contributed by atoms with Crippen molar-refractivity contribution in [3.63, 3.8) is 0 Å². The Morgan fingerprint density at radius 3 is 2.76 bits per heavy atom. The predicted octanol–water partition coefficient (Wildman–Crippen LogP) is 3.39. The molecule has 0 aliphatic heterocycles. The summed E-state index contributed by atoms with van der Waals surface area (Å²) in [4.78, 5) is 18.8. The standard InChI is InChI=1S/C17H20N2O2/c20-17(15-6-1-2-7-15)19(13-16-8-4-10-21-16)12-14-5-3-9-18-11-14/h3-5,8-11,15H,1-2,6-7,12-13H2. The topological polar surface area (TPSA) is 46.3 Å². The van der Waals surface area contributed by atoms with Crippen LogP contribution in [0, 0.1) is 5.92 Å². The first-order valence-corrected chi connectivity index (χ1v) is 7.53. The van der Waals surface area contributed by atoms with Gasteiger partial charge in [-0.15, -0.1) is 0 Å². The number of rotatable bonds is 5. The summed E-state index contributed by atoms with van der Waals surface area (Å²) < 4.78 is 5.40. The van der Waals surface area contributed by atoms with Gasteiger partial charge in [0.15, 0.2) is 0 Å². The van der Waals surface area contributed by atoms with Crippen LogP contribution in [-0.4, -0.2) is 15.8 Å². The van der Waals surface area contributed by atoms with Gasteiger partial charge in [-0.3, -0.25) is 9.78 Å². The molecule has 0 spiro atoms. The van der Waals surface area contributed by atoms with E-state index in [9.17, 15) is 4.79 Å². The maximum absolute atomic E-state index is 12.7. The van der Waals surface area contributed by atoms with Crippen LogP contribution in [0.4, 0.5) is 0 Å². The highest BCUT2D eigenvalue weighted by molar-refractivity contribution is 5.79. The summed E-state index contributed by atoms with van der Waals surface area (Å²) in [6.07, 6.45) is 9.57. The second-order valence-electron chi connectivity index (χ2n) is 5.62. The molecule has 2 heterocycles. The van der Waals surface area contributed by atoms with Crippen molar-refractivity contribution >= 4 is 5.91 Å². The van der Waals surface area contributed by atoms with Crippen LogP contribution in [0.2, 0.25) is 0 Å². The highest BCUT2D eigenvalue weighted by Gasteiger charge is 2.27. The van der Waals surface area contributed by atoms with Crippen molar-refractivity contribution in [2.24, 2.45) is 5.92 Å². The van der Waals surface area contributed by atoms with Gasteiger partial charge in [0.2, 0.25) is 5.91 Å². The monoisotopic (exact) mass is 284 g/mol. The van der Waals surface area contributed by atoms with Crippen LogP contribution in [0.5, 0.6) is 0 Å². The molecule has 0 radical (unpaired) electrons. The van der Waals surface area contributed by atoms with Crippen molar-refractivity contribution in [3.8, 4) is 0 Å². The third kappa shape index (κ3) is 3.51. The molecule has 2 aromatic rings. The zero-order chi connectivity index (χ0) is 14.5. The van der Waals surface area contributed by atoms with Gasteiger partial charge >= 0.3 is 0 Å². The average molecular weight is 284 g/mol. The molecule has 4 heteroatoms. The summed E-state index contributed by atoms with van der Waals surface area (Å²) in [5, 5.41) is 0. The molecular formula is C17H20N2O2. The molecule has 1 fully saturated rings. The number of amides is 1. The van der Waals surface area contributed by atoms with Crippen LogP contribution >= 0.6 is 0 Å². The molecule has 110 valence electrons. The van der Waals surface area contributed by atoms with Gasteiger partial charge < -0.3 is 9.32 Å². The minimum absolute atomic E-state index is 0.177. The molecule has 0 bridgehead atoms. The number of hydrogen-bond donors (Lipinski definition) is 0. The third-order valence-corrected chi connectivity index (χ3v) is 4.04. The fraction of sp³-hybridized carbons (Fsp3) is 0.412. The lowest BCUT2D eigenvalue weighted by atomic mass is 10.1. The summed E-state index contributed by atoms with van der Waals surface area (Å²) in [6.45, 7) is 1.11. The Morgan fingerprint density at radius 1 is 1.24 bits per heavy atom. The van der Waals surface area contributed by atoms with Crippen LogP contribution in [0.3, 0.4) is 0 Å². The van der Waals surface area contributed by atoms with E-state index >= 15 is 0 Å². The number of aromatic nitrogens is 1. The van der Waals surface area contributed by atoms with E-state index in [0.29, 0.717) is 13.1 Å². The summed E-state index contributed by atoms with van der Waals surface area (Å²) in [5.41, 5.74) is 1.05. The summed E-state index contributed by atoms with van der Waals surface area (Å²) >= 11 is 0.